The molecule has 7 heteroatoms. The molecule has 0 fully saturated rings. The number of esters is 1. The van der Waals surface area contributed by atoms with E-state index in [2.05, 4.69) is 5.10 Å². The molecule has 2 rings (SSSR count). The predicted molar refractivity (Wildman–Crippen MR) is 82.6 cm³/mol. The third kappa shape index (κ3) is 3.14. The summed E-state index contributed by atoms with van der Waals surface area (Å²) in [4.78, 5) is 12.2. The third-order valence-corrected chi connectivity index (χ3v) is 3.78. The minimum absolute atomic E-state index is 0.0231. The summed E-state index contributed by atoms with van der Waals surface area (Å²) in [6, 6.07) is 5.10. The van der Waals surface area contributed by atoms with E-state index in [-0.39, 0.29) is 12.3 Å². The van der Waals surface area contributed by atoms with Crippen LogP contribution in [-0.4, -0.2) is 15.7 Å². The molecule has 0 saturated carbocycles. The molecule has 0 radical (unpaired) electrons. The van der Waals surface area contributed by atoms with E-state index < -0.39 is 5.97 Å². The number of benzene rings is 1. The van der Waals surface area contributed by atoms with Crippen molar-refractivity contribution in [1.82, 2.24) is 9.78 Å². The Morgan fingerprint density at radius 2 is 2.00 bits per heavy atom. The molecule has 2 aromatic rings. The van der Waals surface area contributed by atoms with Crippen molar-refractivity contribution in [2.75, 3.05) is 5.73 Å². The van der Waals surface area contributed by atoms with Crippen LogP contribution < -0.4 is 5.73 Å². The van der Waals surface area contributed by atoms with Crippen LogP contribution in [0.15, 0.2) is 18.2 Å². The van der Waals surface area contributed by atoms with Crippen molar-refractivity contribution >= 4 is 34.9 Å². The lowest BCUT2D eigenvalue weighted by molar-refractivity contribution is 0.0460. The van der Waals surface area contributed by atoms with Gasteiger partial charge in [-0.3, -0.25) is 4.68 Å². The second-order valence-electron chi connectivity index (χ2n) is 4.44. The maximum atomic E-state index is 12.2. The number of halogens is 2. The predicted octanol–water partition coefficient (Wildman–Crippen LogP) is 3.46. The molecule has 0 amide bonds. The molecule has 0 unspecified atom stereocenters. The van der Waals surface area contributed by atoms with Gasteiger partial charge in [-0.1, -0.05) is 29.3 Å². The van der Waals surface area contributed by atoms with Crippen LogP contribution in [-0.2, 0) is 17.9 Å². The number of aryl methyl sites for hydroxylation is 2. The van der Waals surface area contributed by atoms with E-state index in [0.29, 0.717) is 33.5 Å². The van der Waals surface area contributed by atoms with Gasteiger partial charge in [0.2, 0.25) is 0 Å². The van der Waals surface area contributed by atoms with Crippen molar-refractivity contribution in [2.24, 2.45) is 0 Å². The number of carbonyl (C=O) groups excluding carboxylic acids is 1. The molecule has 0 spiro atoms. The van der Waals surface area contributed by atoms with Crippen molar-refractivity contribution in [3.8, 4) is 0 Å². The molecule has 21 heavy (non-hydrogen) atoms. The Bertz CT molecular complexity index is 663. The Morgan fingerprint density at radius 1 is 1.38 bits per heavy atom. The van der Waals surface area contributed by atoms with Crippen LogP contribution in [0.3, 0.4) is 0 Å². The van der Waals surface area contributed by atoms with Gasteiger partial charge in [-0.2, -0.15) is 5.10 Å². The second-order valence-corrected chi connectivity index (χ2v) is 5.25. The van der Waals surface area contributed by atoms with Crippen LogP contribution in [0.4, 0.5) is 5.69 Å². The summed E-state index contributed by atoms with van der Waals surface area (Å²) in [6.07, 6.45) is 0. The molecule has 0 bridgehead atoms. The fourth-order valence-corrected chi connectivity index (χ4v) is 2.42. The molecule has 0 saturated heterocycles. The van der Waals surface area contributed by atoms with E-state index in [1.54, 1.807) is 25.1 Å². The van der Waals surface area contributed by atoms with Gasteiger partial charge in [0.05, 0.1) is 11.4 Å². The van der Waals surface area contributed by atoms with Gasteiger partial charge in [0.15, 0.2) is 5.69 Å². The highest BCUT2D eigenvalue weighted by atomic mass is 35.5. The number of anilines is 1. The van der Waals surface area contributed by atoms with Crippen LogP contribution in [0.1, 0.15) is 28.7 Å². The highest BCUT2D eigenvalue weighted by Gasteiger charge is 2.21. The van der Waals surface area contributed by atoms with Crippen molar-refractivity contribution in [3.05, 3.63) is 45.2 Å². The fraction of sp³-hybridized carbons (Fsp3) is 0.286. The Kier molecular flexibility index (Phi) is 4.75. The van der Waals surface area contributed by atoms with Crippen molar-refractivity contribution < 1.29 is 9.53 Å². The number of nitrogens with zero attached hydrogens (tertiary/aromatic N) is 2. The first-order chi connectivity index (χ1) is 9.95. The number of nitrogen functional groups attached to an aromatic ring is 1. The summed E-state index contributed by atoms with van der Waals surface area (Å²) in [7, 11) is 0. The number of rotatable bonds is 4. The molecule has 5 nitrogen and oxygen atoms in total. The minimum Gasteiger partial charge on any atom is -0.456 e. The van der Waals surface area contributed by atoms with Gasteiger partial charge >= 0.3 is 5.97 Å². The van der Waals surface area contributed by atoms with E-state index >= 15 is 0 Å². The largest absolute Gasteiger partial charge is 0.456 e. The maximum Gasteiger partial charge on any atom is 0.359 e. The standard InChI is InChI=1S/C14H15Cl2N3O2/c1-3-19-13(12(17)8(2)18-19)14(20)21-7-9-10(15)5-4-6-11(9)16/h4-6H,3,7,17H2,1-2H3. The van der Waals surface area contributed by atoms with Crippen LogP contribution in [0, 0.1) is 6.92 Å². The molecule has 1 aromatic heterocycles. The zero-order chi connectivity index (χ0) is 15.6. The van der Waals surface area contributed by atoms with Gasteiger partial charge in [0.1, 0.15) is 6.61 Å². The highest BCUT2D eigenvalue weighted by Crippen LogP contribution is 2.26. The SMILES string of the molecule is CCn1nc(C)c(N)c1C(=O)OCc1c(Cl)cccc1Cl. The quantitative estimate of drug-likeness (QED) is 0.873. The summed E-state index contributed by atoms with van der Waals surface area (Å²) in [5.41, 5.74) is 7.61. The second kappa shape index (κ2) is 6.37. The van der Waals surface area contributed by atoms with E-state index in [4.69, 9.17) is 33.7 Å². The van der Waals surface area contributed by atoms with Gasteiger partial charge in [-0.15, -0.1) is 0 Å². The minimum atomic E-state index is -0.550. The molecule has 1 aromatic carbocycles. The van der Waals surface area contributed by atoms with Gasteiger partial charge in [0, 0.05) is 22.2 Å². The van der Waals surface area contributed by atoms with Gasteiger partial charge < -0.3 is 10.5 Å². The van der Waals surface area contributed by atoms with E-state index in [0.717, 1.165) is 0 Å². The lowest BCUT2D eigenvalue weighted by Crippen LogP contribution is -2.14. The first-order valence-electron chi connectivity index (χ1n) is 6.38. The molecule has 1 heterocycles. The molecular weight excluding hydrogens is 313 g/mol. The lowest BCUT2D eigenvalue weighted by Gasteiger charge is -2.09. The Balaban J connectivity index is 2.20. The smallest absolute Gasteiger partial charge is 0.359 e. The third-order valence-electron chi connectivity index (χ3n) is 3.08. The van der Waals surface area contributed by atoms with Crippen molar-refractivity contribution in [3.63, 3.8) is 0 Å². The topological polar surface area (TPSA) is 70.1 Å². The Labute approximate surface area is 132 Å². The molecule has 0 aliphatic rings. The highest BCUT2D eigenvalue weighted by molar-refractivity contribution is 6.35. The van der Waals surface area contributed by atoms with Crippen LogP contribution in [0.2, 0.25) is 10.0 Å². The van der Waals surface area contributed by atoms with Crippen LogP contribution in [0.5, 0.6) is 0 Å². The maximum absolute atomic E-state index is 12.2. The van der Waals surface area contributed by atoms with Crippen molar-refractivity contribution in [2.45, 2.75) is 27.0 Å². The molecule has 112 valence electrons. The molecule has 2 N–H and O–H groups in total. The van der Waals surface area contributed by atoms with Crippen LogP contribution >= 0.6 is 23.2 Å². The van der Waals surface area contributed by atoms with Gasteiger partial charge in [-0.05, 0) is 26.0 Å². The van der Waals surface area contributed by atoms with E-state index in [9.17, 15) is 4.79 Å². The molecular formula is C14H15Cl2N3O2. The first kappa shape index (κ1) is 15.7. The molecule has 0 atom stereocenters. The molecule has 0 aliphatic heterocycles. The van der Waals surface area contributed by atoms with Crippen molar-refractivity contribution in [1.29, 1.82) is 0 Å². The zero-order valence-electron chi connectivity index (χ0n) is 11.7. The van der Waals surface area contributed by atoms with E-state index in [1.807, 2.05) is 6.92 Å². The summed E-state index contributed by atoms with van der Waals surface area (Å²) in [5, 5.41) is 5.07. The number of carbonyl (C=O) groups is 1. The summed E-state index contributed by atoms with van der Waals surface area (Å²) in [6.45, 7) is 4.11. The summed E-state index contributed by atoms with van der Waals surface area (Å²) in [5.74, 6) is -0.550. The number of hydrogen-bond donors (Lipinski definition) is 1. The summed E-state index contributed by atoms with van der Waals surface area (Å²) >= 11 is 12.1. The monoisotopic (exact) mass is 327 g/mol. The number of hydrogen-bond acceptors (Lipinski definition) is 4. The number of ether oxygens (including phenoxy) is 1. The van der Waals surface area contributed by atoms with Crippen LogP contribution in [0.25, 0.3) is 0 Å². The number of nitrogens with two attached hydrogens (primary N) is 1. The fourth-order valence-electron chi connectivity index (χ4n) is 1.92. The average molecular weight is 328 g/mol. The molecule has 0 aliphatic carbocycles. The first-order valence-corrected chi connectivity index (χ1v) is 7.14. The van der Waals surface area contributed by atoms with E-state index in [1.165, 1.54) is 4.68 Å². The average Bonchev–Trinajstić information content (AvgIpc) is 2.73. The zero-order valence-corrected chi connectivity index (χ0v) is 13.2. The van der Waals surface area contributed by atoms with Gasteiger partial charge in [-0.25, -0.2) is 4.79 Å². The normalized spacial score (nSPS) is 10.7. The Hall–Kier alpha value is -1.72. The number of aromatic nitrogens is 2. The van der Waals surface area contributed by atoms with Gasteiger partial charge in [0.25, 0.3) is 0 Å². The Morgan fingerprint density at radius 3 is 2.57 bits per heavy atom. The summed E-state index contributed by atoms with van der Waals surface area (Å²) < 4.78 is 6.78. The lowest BCUT2D eigenvalue weighted by atomic mass is 10.2.